The van der Waals surface area contributed by atoms with Crippen molar-refractivity contribution >= 4 is 19.2 Å². The Bertz CT molecular complexity index is 523. The molecule has 0 bridgehead atoms. The molecule has 0 heterocycles. The van der Waals surface area contributed by atoms with Crippen LogP contribution in [0.15, 0.2) is 18.2 Å². The van der Waals surface area contributed by atoms with E-state index in [1.165, 1.54) is 0 Å². The fourth-order valence-electron chi connectivity index (χ4n) is 0.960. The third kappa shape index (κ3) is 3.48. The maximum Gasteiger partial charge on any atom is 0.318 e. The number of hydrogen-bond acceptors (Lipinski definition) is 8. The zero-order valence-corrected chi connectivity index (χ0v) is 8.73. The van der Waals surface area contributed by atoms with E-state index in [-0.39, 0.29) is 0 Å². The van der Waals surface area contributed by atoms with E-state index in [0.717, 1.165) is 6.07 Å². The molecule has 0 aliphatic heterocycles. The van der Waals surface area contributed by atoms with Gasteiger partial charge in [-0.3, -0.25) is 20.2 Å². The second-order valence-electron chi connectivity index (χ2n) is 2.70. The van der Waals surface area contributed by atoms with Crippen molar-refractivity contribution < 1.29 is 28.7 Å². The lowest BCUT2D eigenvalue weighted by molar-refractivity contribution is -0.395. The molecule has 17 heavy (non-hydrogen) atoms. The molecule has 0 fully saturated rings. The first kappa shape index (κ1) is 13.0. The van der Waals surface area contributed by atoms with E-state index in [1.807, 2.05) is 0 Å². The fourth-order valence-corrected chi connectivity index (χ4v) is 1.35. The van der Waals surface area contributed by atoms with Crippen molar-refractivity contribution in [2.24, 2.45) is 0 Å². The zero-order valence-electron chi connectivity index (χ0n) is 7.84. The number of nitrogens with zero attached hydrogens (tertiary/aromatic N) is 2. The molecule has 1 aromatic rings. The number of rotatable bonds is 4. The molecule has 0 radical (unpaired) electrons. The Hall–Kier alpha value is -2.03. The average Bonchev–Trinajstić information content (AvgIpc) is 2.14. The van der Waals surface area contributed by atoms with Gasteiger partial charge in [-0.05, 0) is 6.07 Å². The van der Waals surface area contributed by atoms with E-state index in [4.69, 9.17) is 0 Å². The summed E-state index contributed by atoms with van der Waals surface area (Å²) in [5.74, 6) is -0.867. The van der Waals surface area contributed by atoms with Crippen LogP contribution >= 0.6 is 7.82 Å². The van der Waals surface area contributed by atoms with Crippen LogP contribution in [-0.4, -0.2) is 9.85 Å². The van der Waals surface area contributed by atoms with Crippen molar-refractivity contribution in [3.8, 4) is 5.75 Å². The van der Waals surface area contributed by atoms with Gasteiger partial charge in [-0.25, -0.2) is 0 Å². The minimum Gasteiger partial charge on any atom is -0.780 e. The average molecular weight is 262 g/mol. The maximum atomic E-state index is 10.5. The summed E-state index contributed by atoms with van der Waals surface area (Å²) >= 11 is 0. The smallest absolute Gasteiger partial charge is 0.318 e. The second-order valence-corrected chi connectivity index (χ2v) is 3.78. The van der Waals surface area contributed by atoms with Gasteiger partial charge in [-0.1, -0.05) is 0 Å². The zero-order chi connectivity index (χ0) is 13.2. The monoisotopic (exact) mass is 262 g/mol. The molecule has 0 aliphatic carbocycles. The molecule has 0 aromatic heterocycles. The molecule has 0 amide bonds. The van der Waals surface area contributed by atoms with Crippen molar-refractivity contribution in [2.45, 2.75) is 0 Å². The molecule has 0 saturated carbocycles. The highest BCUT2D eigenvalue weighted by Crippen LogP contribution is 2.37. The Morgan fingerprint density at radius 3 is 2.12 bits per heavy atom. The molecular weight excluding hydrogens is 259 g/mol. The molecule has 1 aromatic carbocycles. The molecular formula is C6H3N2O8P-2. The number of hydrogen-bond donors (Lipinski definition) is 0. The summed E-state index contributed by atoms with van der Waals surface area (Å²) < 4.78 is 14.1. The quantitative estimate of drug-likeness (QED) is 0.406. The summed E-state index contributed by atoms with van der Waals surface area (Å²) in [5.41, 5.74) is -1.61. The molecule has 92 valence electrons. The minimum atomic E-state index is -5.47. The largest absolute Gasteiger partial charge is 0.780 e. The van der Waals surface area contributed by atoms with Crippen LogP contribution in [0.1, 0.15) is 0 Å². The van der Waals surface area contributed by atoms with Crippen molar-refractivity contribution in [3.05, 3.63) is 38.4 Å². The number of nitro groups is 2. The normalized spacial score (nSPS) is 10.9. The lowest BCUT2D eigenvalue weighted by atomic mass is 10.2. The van der Waals surface area contributed by atoms with E-state index in [9.17, 15) is 34.6 Å². The SMILES string of the molecule is O=[N+]([O-])c1ccc(OP(=O)([O-])[O-])c([N+](=O)[O-])c1. The summed E-state index contributed by atoms with van der Waals surface area (Å²) in [6.45, 7) is 0. The van der Waals surface area contributed by atoms with Crippen LogP contribution in [0, 0.1) is 20.2 Å². The highest BCUT2D eigenvalue weighted by molar-refractivity contribution is 7.43. The first-order chi connectivity index (χ1) is 7.70. The van der Waals surface area contributed by atoms with E-state index < -0.39 is 34.8 Å². The molecule has 11 heteroatoms. The number of phosphoric acid groups is 1. The fraction of sp³-hybridized carbons (Fsp3) is 0. The molecule has 0 saturated heterocycles. The van der Waals surface area contributed by atoms with Gasteiger partial charge < -0.3 is 18.9 Å². The van der Waals surface area contributed by atoms with Crippen LogP contribution in [0.2, 0.25) is 0 Å². The summed E-state index contributed by atoms with van der Waals surface area (Å²) in [6.07, 6.45) is 0. The molecule has 0 aliphatic rings. The summed E-state index contributed by atoms with van der Waals surface area (Å²) in [4.78, 5) is 39.4. The van der Waals surface area contributed by atoms with Crippen LogP contribution in [-0.2, 0) is 4.57 Å². The summed E-state index contributed by atoms with van der Waals surface area (Å²) in [6, 6.07) is 1.93. The van der Waals surface area contributed by atoms with E-state index in [1.54, 1.807) is 0 Å². The van der Waals surface area contributed by atoms with Gasteiger partial charge >= 0.3 is 5.69 Å². The van der Waals surface area contributed by atoms with Crippen LogP contribution in [0.4, 0.5) is 11.4 Å². The number of non-ortho nitro benzene ring substituents is 1. The van der Waals surface area contributed by atoms with Gasteiger partial charge in [0.1, 0.15) is 7.82 Å². The number of benzene rings is 1. The second kappa shape index (κ2) is 4.45. The van der Waals surface area contributed by atoms with Gasteiger partial charge in [0.2, 0.25) is 5.75 Å². The Morgan fingerprint density at radius 1 is 1.12 bits per heavy atom. The van der Waals surface area contributed by atoms with E-state index in [0.29, 0.717) is 12.1 Å². The predicted octanol–water partition coefficient (Wildman–Crippen LogP) is -0.290. The molecule has 1 rings (SSSR count). The van der Waals surface area contributed by atoms with Gasteiger partial charge in [-0.2, -0.15) is 0 Å². The van der Waals surface area contributed by atoms with Crippen molar-refractivity contribution in [1.82, 2.24) is 0 Å². The van der Waals surface area contributed by atoms with Gasteiger partial charge in [0, 0.05) is 6.07 Å². The van der Waals surface area contributed by atoms with Crippen LogP contribution < -0.4 is 14.3 Å². The topological polar surface area (TPSA) is 159 Å². The van der Waals surface area contributed by atoms with E-state index in [2.05, 4.69) is 4.52 Å². The Labute approximate surface area is 93.0 Å². The van der Waals surface area contributed by atoms with Crippen molar-refractivity contribution in [2.75, 3.05) is 0 Å². The summed E-state index contributed by atoms with van der Waals surface area (Å²) in [5, 5.41) is 20.8. The molecule has 0 spiro atoms. The van der Waals surface area contributed by atoms with Crippen LogP contribution in [0.5, 0.6) is 5.75 Å². The third-order valence-electron chi connectivity index (χ3n) is 1.56. The lowest BCUT2D eigenvalue weighted by Gasteiger charge is -2.28. The van der Waals surface area contributed by atoms with Crippen LogP contribution in [0.3, 0.4) is 0 Å². The highest BCUT2D eigenvalue weighted by Gasteiger charge is 2.21. The first-order valence-corrected chi connectivity index (χ1v) is 5.31. The van der Waals surface area contributed by atoms with Gasteiger partial charge in [0.15, 0.2) is 0 Å². The Kier molecular flexibility index (Phi) is 3.42. The predicted molar refractivity (Wildman–Crippen MR) is 48.0 cm³/mol. The highest BCUT2D eigenvalue weighted by atomic mass is 31.2. The molecule has 0 atom stereocenters. The third-order valence-corrected chi connectivity index (χ3v) is 1.98. The standard InChI is InChI=1S/C6H5N2O8P/c9-7(10)4-1-2-6(16-17(13,14)15)5(3-4)8(11)12/h1-3H,(H2,13,14,15)/p-2. The molecule has 0 unspecified atom stereocenters. The van der Waals surface area contributed by atoms with Gasteiger partial charge in [0.25, 0.3) is 5.69 Å². The first-order valence-electron chi connectivity index (χ1n) is 3.85. The number of phosphoric ester groups is 1. The van der Waals surface area contributed by atoms with Crippen molar-refractivity contribution in [1.29, 1.82) is 0 Å². The summed E-state index contributed by atoms with van der Waals surface area (Å²) in [7, 11) is -5.47. The van der Waals surface area contributed by atoms with Gasteiger partial charge in [-0.15, -0.1) is 0 Å². The van der Waals surface area contributed by atoms with Crippen LogP contribution in [0.25, 0.3) is 0 Å². The Morgan fingerprint density at radius 2 is 1.71 bits per heavy atom. The molecule has 10 nitrogen and oxygen atoms in total. The van der Waals surface area contributed by atoms with Crippen molar-refractivity contribution in [3.63, 3.8) is 0 Å². The number of nitro benzene ring substituents is 2. The maximum absolute atomic E-state index is 10.5. The van der Waals surface area contributed by atoms with Gasteiger partial charge in [0.05, 0.1) is 15.9 Å². The Balaban J connectivity index is 3.27. The molecule has 0 N–H and O–H groups in total. The minimum absolute atomic E-state index is 0.491. The lowest BCUT2D eigenvalue weighted by Crippen LogP contribution is -2.19. The van der Waals surface area contributed by atoms with E-state index >= 15 is 0 Å².